The van der Waals surface area contributed by atoms with Crippen molar-refractivity contribution in [1.82, 2.24) is 9.88 Å². The van der Waals surface area contributed by atoms with Gasteiger partial charge in [0.1, 0.15) is 0 Å². The van der Waals surface area contributed by atoms with E-state index in [9.17, 15) is 18.0 Å². The molecule has 1 aromatic heterocycles. The fourth-order valence-corrected chi connectivity index (χ4v) is 3.71. The van der Waals surface area contributed by atoms with Crippen LogP contribution in [0.5, 0.6) is 0 Å². The van der Waals surface area contributed by atoms with Crippen molar-refractivity contribution in [3.8, 4) is 0 Å². The van der Waals surface area contributed by atoms with E-state index in [0.717, 1.165) is 42.7 Å². The van der Waals surface area contributed by atoms with Gasteiger partial charge in [-0.3, -0.25) is 15.0 Å². The first-order valence-corrected chi connectivity index (χ1v) is 8.38. The first-order valence-electron chi connectivity index (χ1n) is 7.57. The first kappa shape index (κ1) is 16.9. The second-order valence-electron chi connectivity index (χ2n) is 5.51. The number of amides is 1. The van der Waals surface area contributed by atoms with Gasteiger partial charge in [-0.05, 0) is 18.7 Å². The van der Waals surface area contributed by atoms with Crippen molar-refractivity contribution >= 4 is 22.4 Å². The highest BCUT2D eigenvalue weighted by Gasteiger charge is 2.35. The summed E-state index contributed by atoms with van der Waals surface area (Å²) in [7, 11) is 0. The number of benzene rings is 1. The van der Waals surface area contributed by atoms with Crippen molar-refractivity contribution in [3.05, 3.63) is 46.0 Å². The van der Waals surface area contributed by atoms with Crippen LogP contribution in [-0.2, 0) is 19.1 Å². The maximum absolute atomic E-state index is 13.0. The summed E-state index contributed by atoms with van der Waals surface area (Å²) >= 11 is 1.32. The molecule has 1 aliphatic rings. The Morgan fingerprint density at radius 2 is 2.12 bits per heavy atom. The Morgan fingerprint density at radius 1 is 1.38 bits per heavy atom. The van der Waals surface area contributed by atoms with Gasteiger partial charge in [0, 0.05) is 24.4 Å². The molecule has 0 saturated carbocycles. The Morgan fingerprint density at radius 3 is 2.83 bits per heavy atom. The van der Waals surface area contributed by atoms with E-state index in [1.165, 1.54) is 29.5 Å². The molecule has 2 aromatic rings. The van der Waals surface area contributed by atoms with Crippen LogP contribution in [0.15, 0.2) is 24.3 Å². The number of hydrogen-bond donors (Lipinski definition) is 1. The Labute approximate surface area is 141 Å². The Hall–Kier alpha value is -1.93. The van der Waals surface area contributed by atoms with Gasteiger partial charge in [0.25, 0.3) is 5.91 Å². The summed E-state index contributed by atoms with van der Waals surface area (Å²) < 4.78 is 39.0. The molecule has 3 rings (SSSR count). The molecule has 24 heavy (non-hydrogen) atoms. The lowest BCUT2D eigenvalue weighted by Crippen LogP contribution is -2.29. The predicted molar refractivity (Wildman–Crippen MR) is 86.2 cm³/mol. The molecule has 0 fully saturated rings. The Balaban J connectivity index is 1.81. The van der Waals surface area contributed by atoms with Crippen molar-refractivity contribution < 1.29 is 18.0 Å². The molecule has 0 spiro atoms. The molecular formula is C16H16F3N3OS. The molecule has 0 radical (unpaired) electrons. The number of halogens is 3. The number of aromatic nitrogens is 1. The third kappa shape index (κ3) is 3.44. The maximum atomic E-state index is 13.0. The minimum absolute atomic E-state index is 0.347. The van der Waals surface area contributed by atoms with Gasteiger partial charge in [0.15, 0.2) is 5.13 Å². The molecule has 1 amide bonds. The lowest BCUT2D eigenvalue weighted by Gasteiger charge is -2.23. The Kier molecular flexibility index (Phi) is 4.60. The van der Waals surface area contributed by atoms with Crippen molar-refractivity contribution in [2.75, 3.05) is 18.4 Å². The quantitative estimate of drug-likeness (QED) is 0.911. The normalized spacial score (nSPS) is 15.2. The fraction of sp³-hybridized carbons (Fsp3) is 0.375. The van der Waals surface area contributed by atoms with Gasteiger partial charge in [-0.15, -0.1) is 11.3 Å². The summed E-state index contributed by atoms with van der Waals surface area (Å²) in [5.41, 5.74) is -0.418. The first-order chi connectivity index (χ1) is 11.4. The van der Waals surface area contributed by atoms with Gasteiger partial charge in [0.05, 0.1) is 16.8 Å². The molecule has 1 aromatic carbocycles. The maximum Gasteiger partial charge on any atom is 0.417 e. The molecule has 8 heteroatoms. The molecule has 0 saturated heterocycles. The average molecular weight is 355 g/mol. The second-order valence-corrected chi connectivity index (χ2v) is 6.59. The molecule has 1 aliphatic heterocycles. The number of alkyl halides is 3. The van der Waals surface area contributed by atoms with Crippen LogP contribution in [0.1, 0.15) is 33.4 Å². The SMILES string of the molecule is CCN1CCc2nc(NC(=O)c3ccccc3C(F)(F)F)sc2C1. The predicted octanol–water partition coefficient (Wildman–Crippen LogP) is 3.79. The van der Waals surface area contributed by atoms with E-state index in [-0.39, 0.29) is 0 Å². The summed E-state index contributed by atoms with van der Waals surface area (Å²) in [6, 6.07) is 4.75. The zero-order chi connectivity index (χ0) is 17.3. The van der Waals surface area contributed by atoms with Crippen molar-refractivity contribution in [2.45, 2.75) is 26.1 Å². The summed E-state index contributed by atoms with van der Waals surface area (Å²) in [6.07, 6.45) is -3.79. The van der Waals surface area contributed by atoms with Gasteiger partial charge < -0.3 is 0 Å². The zero-order valence-electron chi connectivity index (χ0n) is 13.0. The van der Waals surface area contributed by atoms with Crippen LogP contribution in [0, 0.1) is 0 Å². The second kappa shape index (κ2) is 6.52. The van der Waals surface area contributed by atoms with Crippen molar-refractivity contribution in [1.29, 1.82) is 0 Å². The monoisotopic (exact) mass is 355 g/mol. The highest BCUT2D eigenvalue weighted by atomic mass is 32.1. The van der Waals surface area contributed by atoms with Gasteiger partial charge in [-0.25, -0.2) is 4.98 Å². The standard InChI is InChI=1S/C16H16F3N3OS/c1-2-22-8-7-12-13(9-22)24-15(20-12)21-14(23)10-5-3-4-6-11(10)16(17,18)19/h3-6H,2,7-9H2,1H3,(H,20,21,23). The number of anilines is 1. The number of likely N-dealkylation sites (N-methyl/N-ethyl adjacent to an activating group) is 1. The summed E-state index contributed by atoms with van der Waals surface area (Å²) in [5.74, 6) is -0.790. The molecular weight excluding hydrogens is 339 g/mol. The van der Waals surface area contributed by atoms with Crippen LogP contribution in [0.4, 0.5) is 18.3 Å². The van der Waals surface area contributed by atoms with Crippen LogP contribution in [0.25, 0.3) is 0 Å². The van der Waals surface area contributed by atoms with Crippen LogP contribution >= 0.6 is 11.3 Å². The molecule has 2 heterocycles. The third-order valence-electron chi connectivity index (χ3n) is 3.96. The van der Waals surface area contributed by atoms with E-state index >= 15 is 0 Å². The fourth-order valence-electron chi connectivity index (χ4n) is 2.66. The number of hydrogen-bond acceptors (Lipinski definition) is 4. The van der Waals surface area contributed by atoms with Crippen LogP contribution < -0.4 is 5.32 Å². The smallest absolute Gasteiger partial charge is 0.298 e. The highest BCUT2D eigenvalue weighted by molar-refractivity contribution is 7.15. The molecule has 0 atom stereocenters. The van der Waals surface area contributed by atoms with Crippen LogP contribution in [-0.4, -0.2) is 28.9 Å². The summed E-state index contributed by atoms with van der Waals surface area (Å²) in [5, 5.41) is 2.86. The van der Waals surface area contributed by atoms with E-state index < -0.39 is 23.2 Å². The summed E-state index contributed by atoms with van der Waals surface area (Å²) in [6.45, 7) is 4.66. The number of nitrogens with one attached hydrogen (secondary N) is 1. The minimum atomic E-state index is -4.57. The van der Waals surface area contributed by atoms with Crippen LogP contribution in [0.2, 0.25) is 0 Å². The number of fused-ring (bicyclic) bond motifs is 1. The molecule has 128 valence electrons. The molecule has 0 aliphatic carbocycles. The molecule has 0 bridgehead atoms. The zero-order valence-corrected chi connectivity index (χ0v) is 13.8. The summed E-state index contributed by atoms with van der Waals surface area (Å²) in [4.78, 5) is 19.9. The van der Waals surface area contributed by atoms with E-state index in [4.69, 9.17) is 0 Å². The lowest BCUT2D eigenvalue weighted by atomic mass is 10.1. The third-order valence-corrected chi connectivity index (χ3v) is 4.95. The molecule has 1 N–H and O–H groups in total. The van der Waals surface area contributed by atoms with E-state index in [1.807, 2.05) is 0 Å². The highest BCUT2D eigenvalue weighted by Crippen LogP contribution is 2.33. The Bertz CT molecular complexity index is 757. The van der Waals surface area contributed by atoms with E-state index in [0.29, 0.717) is 5.13 Å². The topological polar surface area (TPSA) is 45.2 Å². The lowest BCUT2D eigenvalue weighted by molar-refractivity contribution is -0.137. The minimum Gasteiger partial charge on any atom is -0.298 e. The number of carbonyl (C=O) groups is 1. The number of thiazole rings is 1. The van der Waals surface area contributed by atoms with Crippen LogP contribution in [0.3, 0.4) is 0 Å². The number of carbonyl (C=O) groups excluding carboxylic acids is 1. The van der Waals surface area contributed by atoms with E-state index in [2.05, 4.69) is 22.1 Å². The van der Waals surface area contributed by atoms with E-state index in [1.54, 1.807) is 0 Å². The number of rotatable bonds is 3. The van der Waals surface area contributed by atoms with Crippen molar-refractivity contribution in [2.24, 2.45) is 0 Å². The largest absolute Gasteiger partial charge is 0.417 e. The number of nitrogens with zero attached hydrogens (tertiary/aromatic N) is 2. The molecule has 4 nitrogen and oxygen atoms in total. The van der Waals surface area contributed by atoms with Gasteiger partial charge >= 0.3 is 6.18 Å². The average Bonchev–Trinajstić information content (AvgIpc) is 2.95. The van der Waals surface area contributed by atoms with Gasteiger partial charge in [0.2, 0.25) is 0 Å². The molecule has 0 unspecified atom stereocenters. The van der Waals surface area contributed by atoms with Gasteiger partial charge in [-0.1, -0.05) is 19.1 Å². The van der Waals surface area contributed by atoms with Gasteiger partial charge in [-0.2, -0.15) is 13.2 Å². The van der Waals surface area contributed by atoms with Crippen molar-refractivity contribution in [3.63, 3.8) is 0 Å².